The number of hydrogen-bond acceptors (Lipinski definition) is 3. The van der Waals surface area contributed by atoms with Gasteiger partial charge in [0.25, 0.3) is 5.91 Å². The van der Waals surface area contributed by atoms with Crippen LogP contribution in [0.3, 0.4) is 0 Å². The molecule has 1 amide bonds. The van der Waals surface area contributed by atoms with Crippen molar-refractivity contribution < 1.29 is 4.79 Å². The first-order valence-electron chi connectivity index (χ1n) is 5.38. The van der Waals surface area contributed by atoms with Gasteiger partial charge in [0.05, 0.1) is 8.66 Å². The lowest BCUT2D eigenvalue weighted by Gasteiger charge is -2.17. The molecule has 1 aliphatic rings. The highest BCUT2D eigenvalue weighted by molar-refractivity contribution is 9.11. The predicted molar refractivity (Wildman–Crippen MR) is 76.9 cm³/mol. The van der Waals surface area contributed by atoms with E-state index in [0.717, 1.165) is 28.2 Å². The number of carbonyl (C=O) groups is 1. The van der Waals surface area contributed by atoms with Gasteiger partial charge in [-0.05, 0) is 47.3 Å². The molecule has 0 bridgehead atoms. The number of carbonyl (C=O) groups excluding carboxylic acids is 1. The highest BCUT2D eigenvalue weighted by Gasteiger charge is 2.29. The molecule has 6 heteroatoms. The van der Waals surface area contributed by atoms with Crippen molar-refractivity contribution in [2.24, 2.45) is 11.7 Å². The molecule has 1 aliphatic heterocycles. The first-order chi connectivity index (χ1) is 7.58. The van der Waals surface area contributed by atoms with E-state index in [0.29, 0.717) is 5.92 Å². The third kappa shape index (κ3) is 3.44. The maximum Gasteiger partial charge on any atom is 0.263 e. The van der Waals surface area contributed by atoms with E-state index in [1.165, 1.54) is 11.3 Å². The van der Waals surface area contributed by atoms with Crippen LogP contribution < -0.4 is 5.73 Å². The molecule has 2 heterocycles. The Morgan fingerprint density at radius 2 is 2.35 bits per heavy atom. The van der Waals surface area contributed by atoms with Gasteiger partial charge in [-0.25, -0.2) is 0 Å². The molecule has 96 valence electrons. The SMILES string of the molecule is CC(N)C1CCN(C(=O)c2ccc(Br)s2)C1.Cl. The number of hydrogen-bond donors (Lipinski definition) is 1. The average Bonchev–Trinajstić information content (AvgIpc) is 2.84. The summed E-state index contributed by atoms with van der Waals surface area (Å²) in [5, 5.41) is 0. The quantitative estimate of drug-likeness (QED) is 0.900. The average molecular weight is 340 g/mol. The minimum Gasteiger partial charge on any atom is -0.338 e. The minimum atomic E-state index is 0. The Kier molecular flexibility index (Phi) is 5.44. The normalized spacial score (nSPS) is 21.1. The number of rotatable bonds is 2. The zero-order valence-corrected chi connectivity index (χ0v) is 12.8. The summed E-state index contributed by atoms with van der Waals surface area (Å²) in [7, 11) is 0. The summed E-state index contributed by atoms with van der Waals surface area (Å²) in [6.07, 6.45) is 1.02. The molecule has 2 N–H and O–H groups in total. The maximum atomic E-state index is 12.1. The van der Waals surface area contributed by atoms with Crippen molar-refractivity contribution in [1.82, 2.24) is 4.90 Å². The Morgan fingerprint density at radius 3 is 2.82 bits per heavy atom. The number of nitrogens with two attached hydrogens (primary N) is 1. The largest absolute Gasteiger partial charge is 0.338 e. The van der Waals surface area contributed by atoms with Crippen LogP contribution in [-0.4, -0.2) is 29.9 Å². The van der Waals surface area contributed by atoms with Gasteiger partial charge in [-0.1, -0.05) is 0 Å². The van der Waals surface area contributed by atoms with Crippen LogP contribution in [0.5, 0.6) is 0 Å². The molecule has 0 spiro atoms. The van der Waals surface area contributed by atoms with Gasteiger partial charge in [-0.15, -0.1) is 23.7 Å². The van der Waals surface area contributed by atoms with Gasteiger partial charge >= 0.3 is 0 Å². The van der Waals surface area contributed by atoms with Gasteiger partial charge in [0.1, 0.15) is 0 Å². The highest BCUT2D eigenvalue weighted by Crippen LogP contribution is 2.26. The monoisotopic (exact) mass is 338 g/mol. The number of halogens is 2. The van der Waals surface area contributed by atoms with Crippen molar-refractivity contribution in [1.29, 1.82) is 0 Å². The molecule has 2 rings (SSSR count). The standard InChI is InChI=1S/C11H15BrN2OS.ClH/c1-7(13)8-4-5-14(6-8)11(15)9-2-3-10(12)16-9;/h2-3,7-8H,4-6,13H2,1H3;1H. The van der Waals surface area contributed by atoms with E-state index in [1.807, 2.05) is 24.0 Å². The first-order valence-corrected chi connectivity index (χ1v) is 6.99. The van der Waals surface area contributed by atoms with Crippen LogP contribution in [0.15, 0.2) is 15.9 Å². The molecule has 2 atom stereocenters. The van der Waals surface area contributed by atoms with Crippen molar-refractivity contribution in [3.05, 3.63) is 20.8 Å². The van der Waals surface area contributed by atoms with Crippen LogP contribution >= 0.6 is 39.7 Å². The van der Waals surface area contributed by atoms with Crippen LogP contribution in [-0.2, 0) is 0 Å². The lowest BCUT2D eigenvalue weighted by atomic mass is 10.0. The fraction of sp³-hybridized carbons (Fsp3) is 0.545. The number of likely N-dealkylation sites (tertiary alicyclic amines) is 1. The number of amides is 1. The molecule has 0 saturated carbocycles. The van der Waals surface area contributed by atoms with Crippen molar-refractivity contribution in [2.75, 3.05) is 13.1 Å². The van der Waals surface area contributed by atoms with E-state index < -0.39 is 0 Å². The first kappa shape index (κ1) is 15.0. The third-order valence-electron chi connectivity index (χ3n) is 3.04. The molecule has 1 saturated heterocycles. The van der Waals surface area contributed by atoms with E-state index in [4.69, 9.17) is 5.73 Å². The maximum absolute atomic E-state index is 12.1. The predicted octanol–water partition coefficient (Wildman–Crippen LogP) is 2.74. The fourth-order valence-electron chi connectivity index (χ4n) is 1.99. The third-order valence-corrected chi connectivity index (χ3v) is 4.65. The van der Waals surface area contributed by atoms with Crippen LogP contribution in [0.1, 0.15) is 23.0 Å². The lowest BCUT2D eigenvalue weighted by Crippen LogP contribution is -2.32. The van der Waals surface area contributed by atoms with Crippen molar-refractivity contribution in [3.8, 4) is 0 Å². The Balaban J connectivity index is 0.00000144. The van der Waals surface area contributed by atoms with Crippen molar-refractivity contribution in [3.63, 3.8) is 0 Å². The van der Waals surface area contributed by atoms with Gasteiger partial charge in [-0.2, -0.15) is 0 Å². The van der Waals surface area contributed by atoms with E-state index in [9.17, 15) is 4.79 Å². The Bertz CT molecular complexity index is 397. The van der Waals surface area contributed by atoms with Crippen LogP contribution in [0.25, 0.3) is 0 Å². The molecule has 0 radical (unpaired) electrons. The van der Waals surface area contributed by atoms with Crippen LogP contribution in [0.4, 0.5) is 0 Å². The van der Waals surface area contributed by atoms with Crippen LogP contribution in [0.2, 0.25) is 0 Å². The van der Waals surface area contributed by atoms with E-state index in [2.05, 4.69) is 15.9 Å². The zero-order chi connectivity index (χ0) is 11.7. The van der Waals surface area contributed by atoms with Crippen molar-refractivity contribution >= 4 is 45.6 Å². The summed E-state index contributed by atoms with van der Waals surface area (Å²) < 4.78 is 0.999. The summed E-state index contributed by atoms with van der Waals surface area (Å²) in [5.74, 6) is 0.589. The summed E-state index contributed by atoms with van der Waals surface area (Å²) in [5.41, 5.74) is 5.86. The molecule has 3 nitrogen and oxygen atoms in total. The second kappa shape index (κ2) is 6.18. The van der Waals surface area contributed by atoms with Gasteiger partial charge in [0.15, 0.2) is 0 Å². The molecular formula is C11H16BrClN2OS. The Morgan fingerprint density at radius 1 is 1.65 bits per heavy atom. The molecule has 0 aromatic carbocycles. The molecule has 2 unspecified atom stereocenters. The molecular weight excluding hydrogens is 324 g/mol. The van der Waals surface area contributed by atoms with Gasteiger partial charge in [0.2, 0.25) is 0 Å². The molecule has 1 aromatic heterocycles. The van der Waals surface area contributed by atoms with E-state index >= 15 is 0 Å². The zero-order valence-electron chi connectivity index (χ0n) is 9.56. The Hall–Kier alpha value is -0.100. The lowest BCUT2D eigenvalue weighted by molar-refractivity contribution is 0.0791. The highest BCUT2D eigenvalue weighted by atomic mass is 79.9. The molecule has 17 heavy (non-hydrogen) atoms. The smallest absolute Gasteiger partial charge is 0.263 e. The topological polar surface area (TPSA) is 46.3 Å². The van der Waals surface area contributed by atoms with Gasteiger partial charge in [-0.3, -0.25) is 4.79 Å². The van der Waals surface area contributed by atoms with Crippen LogP contribution in [0, 0.1) is 5.92 Å². The fourth-order valence-corrected chi connectivity index (χ4v) is 3.34. The second-order valence-corrected chi connectivity index (χ2v) is 6.73. The second-order valence-electron chi connectivity index (χ2n) is 4.26. The van der Waals surface area contributed by atoms with Gasteiger partial charge in [0, 0.05) is 19.1 Å². The summed E-state index contributed by atoms with van der Waals surface area (Å²) in [6.45, 7) is 3.65. The van der Waals surface area contributed by atoms with E-state index in [-0.39, 0.29) is 24.4 Å². The Labute approximate surface area is 120 Å². The summed E-state index contributed by atoms with van der Waals surface area (Å²) >= 11 is 4.86. The minimum absolute atomic E-state index is 0. The van der Waals surface area contributed by atoms with Crippen molar-refractivity contribution in [2.45, 2.75) is 19.4 Å². The summed E-state index contributed by atoms with van der Waals surface area (Å²) in [4.78, 5) is 14.8. The van der Waals surface area contributed by atoms with E-state index in [1.54, 1.807) is 0 Å². The number of nitrogens with zero attached hydrogens (tertiary/aromatic N) is 1. The summed E-state index contributed by atoms with van der Waals surface area (Å²) in [6, 6.07) is 3.96. The molecule has 1 aromatic rings. The molecule has 1 fully saturated rings. The number of thiophene rings is 1. The van der Waals surface area contributed by atoms with Gasteiger partial charge < -0.3 is 10.6 Å². The molecule has 0 aliphatic carbocycles.